The summed E-state index contributed by atoms with van der Waals surface area (Å²) in [6.45, 7) is 20.5. The van der Waals surface area contributed by atoms with E-state index in [1.807, 2.05) is 41.5 Å². The van der Waals surface area contributed by atoms with E-state index in [9.17, 15) is 9.36 Å². The maximum atomic E-state index is 13.1. The molecule has 0 saturated carbocycles. The quantitative estimate of drug-likeness (QED) is 0.125. The van der Waals surface area contributed by atoms with E-state index < -0.39 is 43.1 Å². The Morgan fingerprint density at radius 1 is 0.875 bits per heavy atom. The first-order valence-corrected chi connectivity index (χ1v) is 15.3. The number of carbonyl (C=O) groups is 1. The third-order valence-corrected chi connectivity index (χ3v) is 6.39. The van der Waals surface area contributed by atoms with Crippen LogP contribution in [0.5, 0.6) is 5.75 Å². The lowest BCUT2D eigenvalue weighted by Gasteiger charge is -2.48. The van der Waals surface area contributed by atoms with Crippen molar-refractivity contribution in [3.8, 4) is 5.75 Å². The Labute approximate surface area is 252 Å². The van der Waals surface area contributed by atoms with Crippen LogP contribution in [-0.2, 0) is 29.7 Å². The molecule has 8 nitrogen and oxygen atoms in total. The number of ether oxygens (including phenoxy) is 4. The lowest BCUT2D eigenvalue weighted by molar-refractivity contribution is -0.423. The normalized spacial score (nSPS) is 14.6. The van der Waals surface area contributed by atoms with Crippen LogP contribution < -0.4 is 10.1 Å². The highest BCUT2D eigenvalue weighted by atomic mass is 35.5. The van der Waals surface area contributed by atoms with Gasteiger partial charge < -0.3 is 24.3 Å². The second kappa shape index (κ2) is 14.8. The van der Waals surface area contributed by atoms with Crippen molar-refractivity contribution in [1.82, 2.24) is 5.32 Å². The van der Waals surface area contributed by atoms with Crippen molar-refractivity contribution in [3.63, 3.8) is 0 Å². The number of hydrogen-bond donors (Lipinski definition) is 1. The second-order valence-electron chi connectivity index (χ2n) is 13.1. The van der Waals surface area contributed by atoms with Gasteiger partial charge in [-0.15, -0.1) is 0 Å². The van der Waals surface area contributed by atoms with Crippen LogP contribution in [0.15, 0.2) is 12.1 Å². The summed E-state index contributed by atoms with van der Waals surface area (Å²) in [5.74, 6) is -1.52. The molecule has 0 aliphatic rings. The summed E-state index contributed by atoms with van der Waals surface area (Å²) in [6, 6.07) is 3.56. The van der Waals surface area contributed by atoms with Gasteiger partial charge in [-0.25, -0.2) is 4.79 Å². The van der Waals surface area contributed by atoms with E-state index in [0.717, 1.165) is 24.8 Å². The maximum absolute atomic E-state index is 13.1. The highest BCUT2D eigenvalue weighted by Crippen LogP contribution is 2.43. The Hall–Kier alpha value is -1.15. The average Bonchev–Trinajstić information content (AvgIpc) is 2.73. The van der Waals surface area contributed by atoms with E-state index in [2.05, 4.69) is 12.2 Å². The van der Waals surface area contributed by atoms with Crippen LogP contribution >= 0.6 is 31.9 Å². The monoisotopic (exact) mass is 624 g/mol. The molecule has 40 heavy (non-hydrogen) atoms. The van der Waals surface area contributed by atoms with Crippen LogP contribution in [0.25, 0.3) is 0 Å². The molecule has 0 heterocycles. The number of alkyl carbamates (subject to hydrolysis) is 1. The lowest BCUT2D eigenvalue weighted by Crippen LogP contribution is -2.69. The molecule has 0 aromatic heterocycles. The zero-order valence-electron chi connectivity index (χ0n) is 26.0. The predicted octanol–water partition coefficient (Wildman–Crippen LogP) is 9.02. The lowest BCUT2D eigenvalue weighted by atomic mass is 9.89. The van der Waals surface area contributed by atoms with Crippen LogP contribution in [0.2, 0.25) is 10.0 Å². The second-order valence-corrected chi connectivity index (χ2v) is 14.3. The number of amides is 1. The SMILES string of the molecule is CCCCCOc1c(Cl)cc(CC[C@@](C)(NC(=O)OC(C)(C)C)C(O[PH+]=O)(OC(C)(C)C)OC(C)(C)C)cc1Cl. The molecular formula is C29H49Cl2NO7P+. The van der Waals surface area contributed by atoms with Gasteiger partial charge in [-0.05, 0) is 111 Å². The molecule has 1 rings (SSSR count). The van der Waals surface area contributed by atoms with Gasteiger partial charge in [0.05, 0.1) is 27.9 Å². The molecule has 11 heteroatoms. The maximum Gasteiger partial charge on any atom is 0.499 e. The van der Waals surface area contributed by atoms with E-state index >= 15 is 0 Å². The molecule has 0 spiro atoms. The van der Waals surface area contributed by atoms with Crippen LogP contribution in [0.3, 0.4) is 0 Å². The minimum atomic E-state index is -1.96. The zero-order valence-corrected chi connectivity index (χ0v) is 28.5. The molecular weight excluding hydrogens is 576 g/mol. The summed E-state index contributed by atoms with van der Waals surface area (Å²) in [6.07, 6.45) is 2.91. The molecule has 1 N–H and O–H groups in total. The molecule has 1 unspecified atom stereocenters. The Morgan fingerprint density at radius 3 is 1.82 bits per heavy atom. The van der Waals surface area contributed by atoms with Crippen molar-refractivity contribution in [3.05, 3.63) is 27.7 Å². The minimum Gasteiger partial charge on any atom is -0.490 e. The first kappa shape index (κ1) is 36.9. The van der Waals surface area contributed by atoms with Crippen molar-refractivity contribution in [1.29, 1.82) is 0 Å². The molecule has 0 aliphatic heterocycles. The molecule has 1 aromatic carbocycles. The number of rotatable bonds is 14. The summed E-state index contributed by atoms with van der Waals surface area (Å²) in [7, 11) is -1.25. The molecule has 0 aliphatic carbocycles. The molecule has 2 atom stereocenters. The zero-order chi connectivity index (χ0) is 31.0. The fraction of sp³-hybridized carbons (Fsp3) is 0.759. The van der Waals surface area contributed by atoms with Gasteiger partial charge in [0.15, 0.2) is 5.75 Å². The van der Waals surface area contributed by atoms with Crippen molar-refractivity contribution in [2.45, 2.75) is 137 Å². The molecule has 1 amide bonds. The van der Waals surface area contributed by atoms with Gasteiger partial charge in [0.2, 0.25) is 0 Å². The Balaban J connectivity index is 3.53. The van der Waals surface area contributed by atoms with E-state index in [4.69, 9.17) is 46.7 Å². The Bertz CT molecular complexity index is 947. The van der Waals surface area contributed by atoms with Gasteiger partial charge >= 0.3 is 20.8 Å². The van der Waals surface area contributed by atoms with E-state index in [-0.39, 0.29) is 6.42 Å². The van der Waals surface area contributed by atoms with Crippen LogP contribution in [0, 0.1) is 0 Å². The smallest absolute Gasteiger partial charge is 0.490 e. The van der Waals surface area contributed by atoms with Crippen LogP contribution in [0.1, 0.15) is 107 Å². The first-order chi connectivity index (χ1) is 18.2. The minimum absolute atomic E-state index is 0.215. The number of unbranched alkanes of at least 4 members (excludes halogenated alkanes) is 2. The van der Waals surface area contributed by atoms with E-state index in [1.54, 1.807) is 39.8 Å². The highest BCUT2D eigenvalue weighted by molar-refractivity contribution is 7.17. The first-order valence-electron chi connectivity index (χ1n) is 13.7. The van der Waals surface area contributed by atoms with Gasteiger partial charge in [0.25, 0.3) is 0 Å². The van der Waals surface area contributed by atoms with Crippen molar-refractivity contribution < 1.29 is 32.8 Å². The Kier molecular flexibility index (Phi) is 13.7. The largest absolute Gasteiger partial charge is 0.499 e. The summed E-state index contributed by atoms with van der Waals surface area (Å²) in [5, 5.41) is 3.69. The van der Waals surface area contributed by atoms with Crippen LogP contribution in [0.4, 0.5) is 4.79 Å². The van der Waals surface area contributed by atoms with Gasteiger partial charge in [0, 0.05) is 0 Å². The number of benzene rings is 1. The standard InChI is InChI=1S/C29H48Cl2NO7P/c1-12-13-14-17-35-23-21(30)18-20(19-22(23)31)15-16-28(11,32-24(33)36-25(2,3)4)29(39-40-34,37-26(5,6)7)38-27(8,9)10/h18-19,40H,12-17H2,1-11H3/p+1/t28-/m1/s1. The molecule has 0 radical (unpaired) electrons. The fourth-order valence-corrected chi connectivity index (χ4v) is 4.96. The molecule has 0 bridgehead atoms. The number of halogens is 2. The van der Waals surface area contributed by atoms with E-state index in [0.29, 0.717) is 28.8 Å². The third kappa shape index (κ3) is 12.4. The predicted molar refractivity (Wildman–Crippen MR) is 162 cm³/mol. The number of nitrogens with one attached hydrogen (secondary N) is 1. The molecule has 0 saturated heterocycles. The average molecular weight is 626 g/mol. The summed E-state index contributed by atoms with van der Waals surface area (Å²) in [4.78, 5) is 13.1. The van der Waals surface area contributed by atoms with Gasteiger partial charge in [-0.3, -0.25) is 0 Å². The van der Waals surface area contributed by atoms with Gasteiger partial charge in [-0.1, -0.05) is 47.5 Å². The van der Waals surface area contributed by atoms with Gasteiger partial charge in [-0.2, -0.15) is 0 Å². The molecule has 230 valence electrons. The van der Waals surface area contributed by atoms with Gasteiger partial charge in [0.1, 0.15) is 11.1 Å². The Morgan fingerprint density at radius 2 is 1.40 bits per heavy atom. The molecule has 1 aromatic rings. The number of aryl methyl sites for hydroxylation is 1. The van der Waals surface area contributed by atoms with Crippen LogP contribution in [-0.4, -0.2) is 41.0 Å². The summed E-state index contributed by atoms with van der Waals surface area (Å²) < 4.78 is 42.0. The summed E-state index contributed by atoms with van der Waals surface area (Å²) in [5.41, 5.74) is -3.01. The number of carbonyl (C=O) groups excluding carboxylic acids is 1. The van der Waals surface area contributed by atoms with Crippen molar-refractivity contribution in [2.75, 3.05) is 6.61 Å². The summed E-state index contributed by atoms with van der Waals surface area (Å²) >= 11 is 13.1. The fourth-order valence-electron chi connectivity index (χ4n) is 3.90. The van der Waals surface area contributed by atoms with Crippen molar-refractivity contribution in [2.24, 2.45) is 0 Å². The van der Waals surface area contributed by atoms with E-state index in [1.165, 1.54) is 0 Å². The topological polar surface area (TPSA) is 92.3 Å². The highest BCUT2D eigenvalue weighted by Gasteiger charge is 2.60. The molecule has 0 fully saturated rings. The van der Waals surface area contributed by atoms with Crippen molar-refractivity contribution >= 4 is 38.0 Å². The third-order valence-electron chi connectivity index (χ3n) is 5.48. The number of hydrogen-bond acceptors (Lipinski definition) is 7.